The van der Waals surface area contributed by atoms with E-state index in [4.69, 9.17) is 4.74 Å². The number of benzene rings is 1. The van der Waals surface area contributed by atoms with Gasteiger partial charge in [-0.25, -0.2) is 9.18 Å². The van der Waals surface area contributed by atoms with Crippen molar-refractivity contribution in [3.05, 3.63) is 69.7 Å². The first-order valence-corrected chi connectivity index (χ1v) is 10.7. The van der Waals surface area contributed by atoms with Crippen molar-refractivity contribution in [1.29, 1.82) is 0 Å². The number of amides is 1. The van der Waals surface area contributed by atoms with Gasteiger partial charge in [-0.1, -0.05) is 18.2 Å². The molecule has 7 heteroatoms. The summed E-state index contributed by atoms with van der Waals surface area (Å²) in [5.41, 5.74) is 0.631. The molecule has 1 aliphatic heterocycles. The monoisotopic (exact) mass is 429 g/mol. The third-order valence-corrected chi connectivity index (χ3v) is 6.14. The van der Waals surface area contributed by atoms with Gasteiger partial charge in [0.25, 0.3) is 0 Å². The van der Waals surface area contributed by atoms with Crippen LogP contribution in [0.5, 0.6) is 0 Å². The minimum absolute atomic E-state index is 0.0867. The maximum Gasteiger partial charge on any atom is 0.348 e. The topological polar surface area (TPSA) is 63.7 Å². The van der Waals surface area contributed by atoms with Gasteiger partial charge in [-0.2, -0.15) is 0 Å². The van der Waals surface area contributed by atoms with Crippen LogP contribution < -0.4 is 0 Å². The van der Waals surface area contributed by atoms with E-state index in [0.29, 0.717) is 29.8 Å². The highest BCUT2D eigenvalue weighted by Crippen LogP contribution is 2.23. The number of carbonyl (C=O) groups excluding carboxylic acids is 3. The number of allylic oxidation sites excluding steroid dienone is 1. The van der Waals surface area contributed by atoms with E-state index >= 15 is 0 Å². The fraction of sp³-hybridized carbons (Fsp3) is 0.348. The lowest BCUT2D eigenvalue weighted by Gasteiger charge is -2.22. The molecule has 2 aromatic rings. The molecule has 0 aliphatic carbocycles. The van der Waals surface area contributed by atoms with Crippen LogP contribution in [0, 0.1) is 5.82 Å². The molecule has 1 amide bonds. The van der Waals surface area contributed by atoms with Gasteiger partial charge in [-0.3, -0.25) is 9.59 Å². The molecule has 2 heterocycles. The molecule has 1 aliphatic rings. The van der Waals surface area contributed by atoms with Gasteiger partial charge < -0.3 is 9.64 Å². The smallest absolute Gasteiger partial charge is 0.348 e. The number of carbonyl (C=O) groups is 3. The van der Waals surface area contributed by atoms with Gasteiger partial charge in [0.2, 0.25) is 5.91 Å². The molecule has 0 radical (unpaired) electrons. The van der Waals surface area contributed by atoms with Crippen LogP contribution in [0.15, 0.2) is 48.6 Å². The SMILES string of the molecule is COC(=O)c1ccc(CCCN2C(=O)CCC2/C=C/C(=O)Cc2cccc(F)c2)s1. The van der Waals surface area contributed by atoms with Crippen LogP contribution in [0.2, 0.25) is 0 Å². The standard InChI is InChI=1S/C23H24FNO4S/c1-29-23(28)21-11-10-20(30-21)6-3-13-25-18(8-12-22(25)27)7-9-19(26)15-16-4-2-5-17(24)14-16/h2,4-5,7,9-11,14,18H,3,6,8,12-13,15H2,1H3/b9-7+. The Morgan fingerprint density at radius 1 is 1.30 bits per heavy atom. The average molecular weight is 430 g/mol. The van der Waals surface area contributed by atoms with Gasteiger partial charge in [0, 0.05) is 24.3 Å². The molecule has 1 fully saturated rings. The number of halogens is 1. The molecule has 0 saturated carbocycles. The second kappa shape index (κ2) is 10.3. The van der Waals surface area contributed by atoms with E-state index in [1.165, 1.54) is 36.7 Å². The summed E-state index contributed by atoms with van der Waals surface area (Å²) >= 11 is 1.40. The van der Waals surface area contributed by atoms with Gasteiger partial charge in [0.1, 0.15) is 10.7 Å². The summed E-state index contributed by atoms with van der Waals surface area (Å²) in [5, 5.41) is 0. The molecule has 1 aromatic heterocycles. The molecule has 3 rings (SSSR count). The number of ether oxygens (including phenoxy) is 1. The van der Waals surface area contributed by atoms with E-state index < -0.39 is 0 Å². The van der Waals surface area contributed by atoms with Gasteiger partial charge in [0.15, 0.2) is 5.78 Å². The van der Waals surface area contributed by atoms with Crippen molar-refractivity contribution in [2.24, 2.45) is 0 Å². The van der Waals surface area contributed by atoms with E-state index in [0.717, 1.165) is 17.7 Å². The Morgan fingerprint density at radius 3 is 2.90 bits per heavy atom. The van der Waals surface area contributed by atoms with Crippen LogP contribution in [-0.2, 0) is 27.2 Å². The molecule has 30 heavy (non-hydrogen) atoms. The molecule has 5 nitrogen and oxygen atoms in total. The third kappa shape index (κ3) is 5.86. The van der Waals surface area contributed by atoms with Crippen molar-refractivity contribution < 1.29 is 23.5 Å². The molecule has 0 spiro atoms. The summed E-state index contributed by atoms with van der Waals surface area (Å²) < 4.78 is 18.0. The number of hydrogen-bond acceptors (Lipinski definition) is 5. The van der Waals surface area contributed by atoms with Gasteiger partial charge in [0.05, 0.1) is 13.2 Å². The van der Waals surface area contributed by atoms with Crippen molar-refractivity contribution in [2.45, 2.75) is 38.1 Å². The molecule has 1 atom stereocenters. The molecule has 1 saturated heterocycles. The Labute approximate surface area is 179 Å². The number of likely N-dealkylation sites (tertiary alicyclic amines) is 1. The summed E-state index contributed by atoms with van der Waals surface area (Å²) in [6, 6.07) is 9.57. The number of esters is 1. The van der Waals surface area contributed by atoms with Crippen LogP contribution in [-0.4, -0.2) is 42.3 Å². The highest BCUT2D eigenvalue weighted by atomic mass is 32.1. The quantitative estimate of drug-likeness (QED) is 0.447. The minimum atomic E-state index is -0.360. The number of hydrogen-bond donors (Lipinski definition) is 0. The van der Waals surface area contributed by atoms with Gasteiger partial charge in [-0.15, -0.1) is 11.3 Å². The predicted molar refractivity (Wildman–Crippen MR) is 113 cm³/mol. The van der Waals surface area contributed by atoms with Crippen LogP contribution in [0.25, 0.3) is 0 Å². The number of aryl methyl sites for hydroxylation is 1. The highest BCUT2D eigenvalue weighted by Gasteiger charge is 2.28. The third-order valence-electron chi connectivity index (χ3n) is 5.02. The Balaban J connectivity index is 1.51. The van der Waals surface area contributed by atoms with Crippen LogP contribution in [0.1, 0.15) is 39.4 Å². The van der Waals surface area contributed by atoms with Gasteiger partial charge >= 0.3 is 5.97 Å². The lowest BCUT2D eigenvalue weighted by atomic mass is 10.1. The second-order valence-electron chi connectivity index (χ2n) is 7.19. The first kappa shape index (κ1) is 21.9. The lowest BCUT2D eigenvalue weighted by Crippen LogP contribution is -2.33. The van der Waals surface area contributed by atoms with Crippen molar-refractivity contribution in [1.82, 2.24) is 4.90 Å². The predicted octanol–water partition coefficient (Wildman–Crippen LogP) is 3.97. The number of rotatable bonds is 9. The fourth-order valence-electron chi connectivity index (χ4n) is 3.52. The maximum atomic E-state index is 13.2. The van der Waals surface area contributed by atoms with Gasteiger partial charge in [-0.05, 0) is 55.2 Å². The Bertz CT molecular complexity index is 952. The molecular weight excluding hydrogens is 405 g/mol. The number of nitrogens with zero attached hydrogens (tertiary/aromatic N) is 1. The largest absolute Gasteiger partial charge is 0.465 e. The zero-order valence-electron chi connectivity index (χ0n) is 16.8. The van der Waals surface area contributed by atoms with Crippen molar-refractivity contribution in [3.63, 3.8) is 0 Å². The highest BCUT2D eigenvalue weighted by molar-refractivity contribution is 7.13. The first-order chi connectivity index (χ1) is 14.5. The van der Waals surface area contributed by atoms with E-state index in [1.54, 1.807) is 29.2 Å². The number of ketones is 1. The number of methoxy groups -OCH3 is 1. The Hall–Kier alpha value is -2.80. The van der Waals surface area contributed by atoms with Crippen LogP contribution in [0.4, 0.5) is 4.39 Å². The Kier molecular flexibility index (Phi) is 7.52. The zero-order chi connectivity index (χ0) is 21.5. The summed E-state index contributed by atoms with van der Waals surface area (Å²) in [6.07, 6.45) is 6.12. The zero-order valence-corrected chi connectivity index (χ0v) is 17.6. The summed E-state index contributed by atoms with van der Waals surface area (Å²) in [7, 11) is 1.36. The average Bonchev–Trinajstić information content (AvgIpc) is 3.33. The van der Waals surface area contributed by atoms with Crippen LogP contribution in [0.3, 0.4) is 0 Å². The molecular formula is C23H24FNO4S. The Morgan fingerprint density at radius 2 is 2.13 bits per heavy atom. The van der Waals surface area contributed by atoms with Crippen LogP contribution >= 0.6 is 11.3 Å². The molecule has 1 aromatic carbocycles. The van der Waals surface area contributed by atoms with Crippen molar-refractivity contribution in [3.8, 4) is 0 Å². The second-order valence-corrected chi connectivity index (χ2v) is 8.35. The summed E-state index contributed by atoms with van der Waals surface area (Å²) in [5.74, 6) is -0.729. The van der Waals surface area contributed by atoms with Crippen molar-refractivity contribution >= 4 is 29.0 Å². The molecule has 158 valence electrons. The maximum absolute atomic E-state index is 13.2. The first-order valence-electron chi connectivity index (χ1n) is 9.88. The fourth-order valence-corrected chi connectivity index (χ4v) is 4.49. The normalized spacial score (nSPS) is 16.4. The van der Waals surface area contributed by atoms with E-state index in [2.05, 4.69) is 0 Å². The summed E-state index contributed by atoms with van der Waals surface area (Å²) in [6.45, 7) is 0.595. The lowest BCUT2D eigenvalue weighted by molar-refractivity contribution is -0.128. The minimum Gasteiger partial charge on any atom is -0.465 e. The number of thiophene rings is 1. The summed E-state index contributed by atoms with van der Waals surface area (Å²) in [4.78, 5) is 39.4. The van der Waals surface area contributed by atoms with Crippen molar-refractivity contribution in [2.75, 3.05) is 13.7 Å². The van der Waals surface area contributed by atoms with E-state index in [-0.39, 0.29) is 35.9 Å². The molecule has 0 bridgehead atoms. The molecule has 1 unspecified atom stereocenters. The van der Waals surface area contributed by atoms with E-state index in [9.17, 15) is 18.8 Å². The van der Waals surface area contributed by atoms with E-state index in [1.807, 2.05) is 6.07 Å². The molecule has 0 N–H and O–H groups in total.